The van der Waals surface area contributed by atoms with Gasteiger partial charge in [0.25, 0.3) is 0 Å². The third-order valence-electron chi connectivity index (χ3n) is 6.29. The number of hydrogen-bond acceptors (Lipinski definition) is 6. The number of anilines is 2. The van der Waals surface area contributed by atoms with Crippen molar-refractivity contribution >= 4 is 11.6 Å². The van der Waals surface area contributed by atoms with Crippen molar-refractivity contribution in [3.63, 3.8) is 0 Å². The van der Waals surface area contributed by atoms with E-state index in [1.807, 2.05) is 26.4 Å². The van der Waals surface area contributed by atoms with Crippen LogP contribution in [0.3, 0.4) is 0 Å². The Hall–Kier alpha value is -2.18. The van der Waals surface area contributed by atoms with Crippen LogP contribution in [0.2, 0.25) is 0 Å². The fourth-order valence-corrected chi connectivity index (χ4v) is 4.54. The summed E-state index contributed by atoms with van der Waals surface area (Å²) in [6.07, 6.45) is 6.06. The van der Waals surface area contributed by atoms with Gasteiger partial charge in [-0.1, -0.05) is 19.1 Å². The van der Waals surface area contributed by atoms with E-state index in [9.17, 15) is 5.11 Å². The molecule has 0 amide bonds. The highest BCUT2D eigenvalue weighted by Gasteiger charge is 2.43. The molecule has 0 unspecified atom stereocenters. The minimum absolute atomic E-state index is 0.176. The molecule has 29 heavy (non-hydrogen) atoms. The number of aliphatic hydroxyl groups is 1. The van der Waals surface area contributed by atoms with Crippen LogP contribution < -0.4 is 9.80 Å². The van der Waals surface area contributed by atoms with Gasteiger partial charge >= 0.3 is 0 Å². The largest absolute Gasteiger partial charge is 0.393 e. The molecule has 0 bridgehead atoms. The molecule has 2 fully saturated rings. The SMILES string of the molecule is CC[C@H]1C[C@@H](O)CC2(CCN(c3nccc(-c4ccc(N(C)C)cc4)n3)CC2)O1. The van der Waals surface area contributed by atoms with Crippen LogP contribution >= 0.6 is 0 Å². The molecule has 156 valence electrons. The number of benzene rings is 1. The molecule has 1 aromatic heterocycles. The van der Waals surface area contributed by atoms with Crippen LogP contribution in [0, 0.1) is 0 Å². The van der Waals surface area contributed by atoms with Gasteiger partial charge in [0.2, 0.25) is 5.95 Å². The predicted octanol–water partition coefficient (Wildman–Crippen LogP) is 3.50. The highest BCUT2D eigenvalue weighted by atomic mass is 16.5. The first-order valence-electron chi connectivity index (χ1n) is 10.7. The fraction of sp³-hybridized carbons (Fsp3) is 0.565. The number of rotatable bonds is 4. The zero-order valence-corrected chi connectivity index (χ0v) is 17.7. The Morgan fingerprint density at radius 3 is 2.55 bits per heavy atom. The quantitative estimate of drug-likeness (QED) is 0.854. The molecule has 0 radical (unpaired) electrons. The molecule has 6 nitrogen and oxygen atoms in total. The van der Waals surface area contributed by atoms with Gasteiger partial charge in [-0.15, -0.1) is 0 Å². The van der Waals surface area contributed by atoms with Gasteiger partial charge in [0.15, 0.2) is 0 Å². The van der Waals surface area contributed by atoms with E-state index in [0.29, 0.717) is 0 Å². The van der Waals surface area contributed by atoms with Crippen LogP contribution in [0.15, 0.2) is 36.5 Å². The number of hydrogen-bond donors (Lipinski definition) is 1. The van der Waals surface area contributed by atoms with Crippen molar-refractivity contribution < 1.29 is 9.84 Å². The minimum Gasteiger partial charge on any atom is -0.393 e. The first-order valence-corrected chi connectivity index (χ1v) is 10.7. The van der Waals surface area contributed by atoms with E-state index >= 15 is 0 Å². The van der Waals surface area contributed by atoms with E-state index in [1.165, 1.54) is 5.69 Å². The Labute approximate surface area is 173 Å². The summed E-state index contributed by atoms with van der Waals surface area (Å²) in [5.74, 6) is 0.775. The van der Waals surface area contributed by atoms with Crippen molar-refractivity contribution in [2.24, 2.45) is 0 Å². The van der Waals surface area contributed by atoms with Gasteiger partial charge in [0.05, 0.1) is 23.5 Å². The van der Waals surface area contributed by atoms with Gasteiger partial charge in [-0.05, 0) is 43.9 Å². The van der Waals surface area contributed by atoms with Crippen molar-refractivity contribution in [3.05, 3.63) is 36.5 Å². The molecule has 1 aromatic carbocycles. The Balaban J connectivity index is 1.46. The summed E-state index contributed by atoms with van der Waals surface area (Å²) in [5, 5.41) is 10.3. The summed E-state index contributed by atoms with van der Waals surface area (Å²) in [5.41, 5.74) is 3.02. The van der Waals surface area contributed by atoms with Crippen LogP contribution in [0.4, 0.5) is 11.6 Å². The van der Waals surface area contributed by atoms with Crippen molar-refractivity contribution in [2.75, 3.05) is 37.0 Å². The van der Waals surface area contributed by atoms with Crippen molar-refractivity contribution in [1.29, 1.82) is 0 Å². The number of aliphatic hydroxyl groups excluding tert-OH is 1. The fourth-order valence-electron chi connectivity index (χ4n) is 4.54. The summed E-state index contributed by atoms with van der Waals surface area (Å²) in [4.78, 5) is 13.7. The van der Waals surface area contributed by atoms with Gasteiger partial charge in [0.1, 0.15) is 0 Å². The Bertz CT molecular complexity index is 816. The van der Waals surface area contributed by atoms with Gasteiger partial charge in [-0.3, -0.25) is 0 Å². The van der Waals surface area contributed by atoms with Crippen LogP contribution in [0.1, 0.15) is 39.0 Å². The smallest absolute Gasteiger partial charge is 0.225 e. The zero-order chi connectivity index (χ0) is 20.4. The molecule has 2 aromatic rings. The lowest BCUT2D eigenvalue weighted by atomic mass is 9.81. The van der Waals surface area contributed by atoms with E-state index in [1.54, 1.807) is 0 Å². The second-order valence-electron chi connectivity index (χ2n) is 8.60. The average Bonchev–Trinajstić information content (AvgIpc) is 2.74. The second-order valence-corrected chi connectivity index (χ2v) is 8.60. The Morgan fingerprint density at radius 2 is 1.90 bits per heavy atom. The highest BCUT2D eigenvalue weighted by molar-refractivity contribution is 5.63. The predicted molar refractivity (Wildman–Crippen MR) is 116 cm³/mol. The van der Waals surface area contributed by atoms with Crippen LogP contribution in [0.5, 0.6) is 0 Å². The summed E-state index contributed by atoms with van der Waals surface area (Å²) in [6, 6.07) is 10.4. The maximum Gasteiger partial charge on any atom is 0.225 e. The van der Waals surface area contributed by atoms with Gasteiger partial charge in [-0.25, -0.2) is 9.97 Å². The molecule has 4 rings (SSSR count). The molecule has 2 aliphatic rings. The number of ether oxygens (including phenoxy) is 1. The van der Waals surface area contributed by atoms with Crippen molar-refractivity contribution in [2.45, 2.75) is 56.8 Å². The van der Waals surface area contributed by atoms with Crippen molar-refractivity contribution in [3.8, 4) is 11.3 Å². The van der Waals surface area contributed by atoms with E-state index in [-0.39, 0.29) is 17.8 Å². The van der Waals surface area contributed by atoms with Crippen molar-refractivity contribution in [1.82, 2.24) is 9.97 Å². The second kappa shape index (κ2) is 8.28. The molecule has 2 aliphatic heterocycles. The Morgan fingerprint density at radius 1 is 1.17 bits per heavy atom. The molecule has 2 atom stereocenters. The zero-order valence-electron chi connectivity index (χ0n) is 17.7. The summed E-state index contributed by atoms with van der Waals surface area (Å²) in [7, 11) is 4.08. The maximum absolute atomic E-state index is 10.3. The topological polar surface area (TPSA) is 61.7 Å². The van der Waals surface area contributed by atoms with Crippen LogP contribution in [0.25, 0.3) is 11.3 Å². The lowest BCUT2D eigenvalue weighted by molar-refractivity contribution is -0.171. The van der Waals surface area contributed by atoms with Gasteiger partial charge < -0.3 is 19.6 Å². The summed E-state index contributed by atoms with van der Waals surface area (Å²) in [6.45, 7) is 3.84. The molecular weight excluding hydrogens is 364 g/mol. The van der Waals surface area contributed by atoms with E-state index < -0.39 is 0 Å². The normalized spacial score (nSPS) is 23.9. The first-order chi connectivity index (χ1) is 14.0. The number of piperidine rings is 1. The third kappa shape index (κ3) is 4.38. The molecule has 6 heteroatoms. The minimum atomic E-state index is -0.245. The average molecular weight is 397 g/mol. The van der Waals surface area contributed by atoms with E-state index in [4.69, 9.17) is 9.72 Å². The van der Waals surface area contributed by atoms with Crippen LogP contribution in [-0.2, 0) is 4.74 Å². The maximum atomic E-state index is 10.3. The molecule has 0 aliphatic carbocycles. The first kappa shape index (κ1) is 20.1. The number of nitrogens with zero attached hydrogens (tertiary/aromatic N) is 4. The summed E-state index contributed by atoms with van der Waals surface area (Å²) >= 11 is 0. The molecular formula is C23H32N4O2. The third-order valence-corrected chi connectivity index (χ3v) is 6.29. The molecule has 0 saturated carbocycles. The summed E-state index contributed by atoms with van der Waals surface area (Å²) < 4.78 is 6.41. The standard InChI is InChI=1S/C23H32N4O2/c1-4-20-15-19(28)16-23(29-20)10-13-27(14-11-23)22-24-12-9-21(25-22)17-5-7-18(8-6-17)26(2)3/h5-9,12,19-20,28H,4,10-11,13-16H2,1-3H3/t19-,20+/m1/s1. The Kier molecular flexibility index (Phi) is 5.74. The van der Waals surface area contributed by atoms with Crippen LogP contribution in [-0.4, -0.2) is 60.1 Å². The lowest BCUT2D eigenvalue weighted by Gasteiger charge is -2.47. The molecule has 3 heterocycles. The van der Waals surface area contributed by atoms with E-state index in [2.05, 4.69) is 46.0 Å². The van der Waals surface area contributed by atoms with Gasteiger partial charge in [0, 0.05) is 51.1 Å². The lowest BCUT2D eigenvalue weighted by Crippen LogP contribution is -2.53. The van der Waals surface area contributed by atoms with Gasteiger partial charge in [-0.2, -0.15) is 0 Å². The van der Waals surface area contributed by atoms with E-state index in [0.717, 1.165) is 62.4 Å². The number of aromatic nitrogens is 2. The molecule has 2 saturated heterocycles. The molecule has 1 N–H and O–H groups in total. The highest BCUT2D eigenvalue weighted by Crippen LogP contribution is 2.39. The monoisotopic (exact) mass is 396 g/mol. The molecule has 1 spiro atoms.